The number of rotatable bonds is 2. The molecule has 0 heterocycles. The smallest absolute Gasteiger partial charge is 0.264 e. The minimum atomic E-state index is -4.63. The first-order chi connectivity index (χ1) is 8.82. The summed E-state index contributed by atoms with van der Waals surface area (Å²) in [5.41, 5.74) is -1.48. The number of hydrogen-bond acceptors (Lipinski definition) is 0. The number of halogens is 5. The van der Waals surface area contributed by atoms with E-state index in [-0.39, 0.29) is 5.19 Å². The lowest BCUT2D eigenvalue weighted by Gasteiger charge is -2.27. The summed E-state index contributed by atoms with van der Waals surface area (Å²) in [5, 5.41) is -0.174. The van der Waals surface area contributed by atoms with E-state index in [1.807, 2.05) is 0 Å². The number of hydrogen-bond donors (Lipinski definition) is 0. The van der Waals surface area contributed by atoms with Gasteiger partial charge in [0.2, 0.25) is 0 Å². The second kappa shape index (κ2) is 5.23. The van der Waals surface area contributed by atoms with Crippen LogP contribution < -0.4 is 5.19 Å². The molecule has 106 valence electrons. The molecule has 1 aliphatic rings. The molecule has 2 rings (SSSR count). The molecule has 0 amide bonds. The van der Waals surface area contributed by atoms with Crippen molar-refractivity contribution in [1.82, 2.24) is 0 Å². The quantitative estimate of drug-likeness (QED) is 0.424. The van der Waals surface area contributed by atoms with Crippen LogP contribution in [0.1, 0.15) is 37.7 Å². The lowest BCUT2D eigenvalue weighted by Crippen LogP contribution is -2.44. The first kappa shape index (κ1) is 14.5. The third-order valence-electron chi connectivity index (χ3n) is 3.72. The van der Waals surface area contributed by atoms with Crippen molar-refractivity contribution in [3.63, 3.8) is 0 Å². The average Bonchev–Trinajstić information content (AvgIpc) is 2.39. The SMILES string of the molecule is FC(F)(F)c1ccc([Si](F)(F)C2CCCCC2)cc1. The molecule has 1 aromatic carbocycles. The van der Waals surface area contributed by atoms with Gasteiger partial charge in [0.05, 0.1) is 5.56 Å². The van der Waals surface area contributed by atoms with Gasteiger partial charge in [-0.05, 0) is 25.0 Å². The van der Waals surface area contributed by atoms with E-state index in [1.54, 1.807) is 0 Å². The molecule has 0 spiro atoms. The van der Waals surface area contributed by atoms with E-state index in [2.05, 4.69) is 0 Å². The van der Waals surface area contributed by atoms with E-state index in [9.17, 15) is 21.4 Å². The summed E-state index contributed by atoms with van der Waals surface area (Å²) >= 11 is 0. The minimum Gasteiger partial charge on any atom is -0.264 e. The minimum absolute atomic E-state index is 0.174. The molecule has 0 aromatic heterocycles. The zero-order chi connectivity index (χ0) is 14.1. The van der Waals surface area contributed by atoms with Gasteiger partial charge in [-0.25, -0.2) is 0 Å². The van der Waals surface area contributed by atoms with Crippen molar-refractivity contribution in [3.05, 3.63) is 29.8 Å². The van der Waals surface area contributed by atoms with Crippen molar-refractivity contribution in [3.8, 4) is 0 Å². The Hall–Kier alpha value is -0.913. The molecule has 0 atom stereocenters. The second-order valence-electron chi connectivity index (χ2n) is 5.03. The topological polar surface area (TPSA) is 0 Å². The van der Waals surface area contributed by atoms with E-state index >= 15 is 0 Å². The van der Waals surface area contributed by atoms with Gasteiger partial charge in [-0.3, -0.25) is 8.22 Å². The lowest BCUT2D eigenvalue weighted by atomic mass is 10.0. The van der Waals surface area contributed by atoms with Gasteiger partial charge in [-0.15, -0.1) is 0 Å². The second-order valence-corrected chi connectivity index (χ2v) is 7.67. The van der Waals surface area contributed by atoms with Crippen LogP contribution in [-0.4, -0.2) is 8.74 Å². The van der Waals surface area contributed by atoms with Crippen molar-refractivity contribution >= 4 is 13.9 Å². The maximum Gasteiger partial charge on any atom is 0.458 e. The number of alkyl halides is 3. The zero-order valence-electron chi connectivity index (χ0n) is 10.3. The van der Waals surface area contributed by atoms with Gasteiger partial charge in [-0.1, -0.05) is 31.4 Å². The van der Waals surface area contributed by atoms with Gasteiger partial charge in [0.1, 0.15) is 0 Å². The molecule has 6 heteroatoms. The Kier molecular flexibility index (Phi) is 3.99. The van der Waals surface area contributed by atoms with E-state index in [0.717, 1.165) is 43.5 Å². The van der Waals surface area contributed by atoms with Crippen LogP contribution in [0.2, 0.25) is 5.54 Å². The molecule has 0 bridgehead atoms. The summed E-state index contributed by atoms with van der Waals surface area (Å²) in [6.45, 7) is 0. The fourth-order valence-electron chi connectivity index (χ4n) is 2.58. The van der Waals surface area contributed by atoms with Crippen LogP contribution in [0, 0.1) is 0 Å². The van der Waals surface area contributed by atoms with Crippen molar-refractivity contribution in [1.29, 1.82) is 0 Å². The average molecular weight is 294 g/mol. The van der Waals surface area contributed by atoms with Gasteiger partial charge in [0.25, 0.3) is 0 Å². The Morgan fingerprint density at radius 1 is 0.895 bits per heavy atom. The zero-order valence-corrected chi connectivity index (χ0v) is 11.3. The molecule has 19 heavy (non-hydrogen) atoms. The van der Waals surface area contributed by atoms with Crippen LogP contribution in [-0.2, 0) is 6.18 Å². The highest BCUT2D eigenvalue weighted by Gasteiger charge is 2.47. The van der Waals surface area contributed by atoms with Crippen LogP contribution in [0.3, 0.4) is 0 Å². The van der Waals surface area contributed by atoms with Gasteiger partial charge >= 0.3 is 14.9 Å². The van der Waals surface area contributed by atoms with E-state index in [0.29, 0.717) is 12.8 Å². The Labute approximate surface area is 110 Å². The molecular weight excluding hydrogens is 279 g/mol. The highest BCUT2D eigenvalue weighted by Crippen LogP contribution is 2.38. The largest absolute Gasteiger partial charge is 0.458 e. The molecule has 0 radical (unpaired) electrons. The van der Waals surface area contributed by atoms with Gasteiger partial charge in [0.15, 0.2) is 0 Å². The fourth-order valence-corrected chi connectivity index (χ4v) is 4.80. The summed E-state index contributed by atoms with van der Waals surface area (Å²) < 4.78 is 65.8. The van der Waals surface area contributed by atoms with Gasteiger partial charge < -0.3 is 0 Å². The Morgan fingerprint density at radius 2 is 1.42 bits per heavy atom. The molecule has 0 N–H and O–H groups in total. The Balaban J connectivity index is 2.20. The maximum absolute atomic E-state index is 14.3. The monoisotopic (exact) mass is 294 g/mol. The highest BCUT2D eigenvalue weighted by molar-refractivity contribution is 6.81. The van der Waals surface area contributed by atoms with Gasteiger partial charge in [-0.2, -0.15) is 13.2 Å². The molecule has 1 saturated carbocycles. The summed E-state index contributed by atoms with van der Waals surface area (Å²) in [4.78, 5) is 0. The summed E-state index contributed by atoms with van der Waals surface area (Å²) in [7, 11) is -4.63. The van der Waals surface area contributed by atoms with Crippen molar-refractivity contribution in [2.45, 2.75) is 43.8 Å². The highest BCUT2D eigenvalue weighted by atomic mass is 28.4. The Morgan fingerprint density at radius 3 is 1.89 bits per heavy atom. The van der Waals surface area contributed by atoms with Crippen molar-refractivity contribution in [2.24, 2.45) is 0 Å². The predicted octanol–water partition coefficient (Wildman–Crippen LogP) is 4.63. The summed E-state index contributed by atoms with van der Waals surface area (Å²) in [6.07, 6.45) is -0.892. The van der Waals surface area contributed by atoms with Crippen LogP contribution >= 0.6 is 0 Å². The maximum atomic E-state index is 14.3. The third kappa shape index (κ3) is 3.16. The molecule has 1 aliphatic carbocycles. The fraction of sp³-hybridized carbons (Fsp3) is 0.538. The predicted molar refractivity (Wildman–Crippen MR) is 65.9 cm³/mol. The molecule has 0 unspecified atom stereocenters. The third-order valence-corrected chi connectivity index (χ3v) is 6.42. The summed E-state index contributed by atoms with van der Waals surface area (Å²) in [5.74, 6) is 0. The van der Waals surface area contributed by atoms with E-state index in [4.69, 9.17) is 0 Å². The molecule has 0 nitrogen and oxygen atoms in total. The molecule has 1 fully saturated rings. The van der Waals surface area contributed by atoms with Crippen molar-refractivity contribution in [2.75, 3.05) is 0 Å². The first-order valence-electron chi connectivity index (χ1n) is 6.37. The van der Waals surface area contributed by atoms with Gasteiger partial charge in [0, 0.05) is 10.7 Å². The van der Waals surface area contributed by atoms with E-state index in [1.165, 1.54) is 0 Å². The molecule has 1 aromatic rings. The molecule has 0 aliphatic heterocycles. The van der Waals surface area contributed by atoms with Crippen LogP contribution in [0.4, 0.5) is 21.4 Å². The van der Waals surface area contributed by atoms with Crippen LogP contribution in [0.25, 0.3) is 0 Å². The molecular formula is C13H15F5Si. The van der Waals surface area contributed by atoms with E-state index < -0.39 is 26.0 Å². The van der Waals surface area contributed by atoms with Crippen LogP contribution in [0.15, 0.2) is 24.3 Å². The number of benzene rings is 1. The Bertz CT molecular complexity index is 418. The molecule has 0 saturated heterocycles. The lowest BCUT2D eigenvalue weighted by molar-refractivity contribution is -0.137. The van der Waals surface area contributed by atoms with Crippen molar-refractivity contribution < 1.29 is 21.4 Å². The van der Waals surface area contributed by atoms with Crippen LogP contribution in [0.5, 0.6) is 0 Å². The normalized spacial score (nSPS) is 18.6. The first-order valence-corrected chi connectivity index (χ1v) is 8.20. The summed E-state index contributed by atoms with van der Waals surface area (Å²) in [6, 6.07) is 3.45. The standard InChI is InChI=1S/C13H15F5Si/c14-13(15,16)10-6-8-12(9-7-10)19(17,18)11-4-2-1-3-5-11/h6-9,11H,1-5H2.